The van der Waals surface area contributed by atoms with Crippen molar-refractivity contribution in [3.8, 4) is 0 Å². The maximum atomic E-state index is 3.64. The van der Waals surface area contributed by atoms with Gasteiger partial charge in [-0.2, -0.15) is 0 Å². The molecule has 1 aliphatic rings. The minimum absolute atomic E-state index is 0.696. The Morgan fingerprint density at radius 2 is 1.42 bits per heavy atom. The molecule has 1 N–H and O–H groups in total. The highest BCUT2D eigenvalue weighted by molar-refractivity contribution is 8.18. The van der Waals surface area contributed by atoms with E-state index in [2.05, 4.69) is 49.6 Å². The fourth-order valence-corrected chi connectivity index (χ4v) is 4.44. The van der Waals surface area contributed by atoms with E-state index in [4.69, 9.17) is 0 Å². The van der Waals surface area contributed by atoms with Crippen LogP contribution in [0.3, 0.4) is 0 Å². The van der Waals surface area contributed by atoms with Crippen molar-refractivity contribution in [1.82, 2.24) is 5.32 Å². The Morgan fingerprint density at radius 1 is 0.917 bits per heavy atom. The van der Waals surface area contributed by atoms with Crippen molar-refractivity contribution in [2.24, 2.45) is 0 Å². The van der Waals surface area contributed by atoms with Gasteiger partial charge in [-0.1, -0.05) is 20.8 Å². The van der Waals surface area contributed by atoms with Crippen LogP contribution in [0.25, 0.3) is 0 Å². The summed E-state index contributed by atoms with van der Waals surface area (Å²) < 4.78 is 0.821. The van der Waals surface area contributed by atoms with Gasteiger partial charge in [0.05, 0.1) is 15.3 Å². The zero-order valence-corrected chi connectivity index (χ0v) is 9.80. The summed E-state index contributed by atoms with van der Waals surface area (Å²) in [5.41, 5.74) is 0. The maximum Gasteiger partial charge on any atom is 0.0549 e. The predicted molar refractivity (Wildman–Crippen MR) is 60.6 cm³/mol. The van der Waals surface area contributed by atoms with Crippen LogP contribution in [0.5, 0.6) is 0 Å². The first-order valence-electron chi connectivity index (χ1n) is 4.87. The van der Waals surface area contributed by atoms with Gasteiger partial charge >= 0.3 is 0 Å². The van der Waals surface area contributed by atoms with E-state index < -0.39 is 0 Å². The third kappa shape index (κ3) is 2.86. The Morgan fingerprint density at radius 3 is 1.75 bits per heavy atom. The molecule has 1 saturated heterocycles. The Labute approximate surface area is 84.4 Å². The van der Waals surface area contributed by atoms with E-state index in [-0.39, 0.29) is 0 Å². The Balaban J connectivity index is 2.41. The van der Waals surface area contributed by atoms with Gasteiger partial charge < -0.3 is 0 Å². The van der Waals surface area contributed by atoms with E-state index in [1.807, 2.05) is 0 Å². The molecule has 0 aromatic carbocycles. The van der Waals surface area contributed by atoms with Crippen molar-refractivity contribution >= 4 is 23.5 Å². The second kappa shape index (κ2) is 5.40. The molecular weight excluding hydrogens is 186 g/mol. The molecule has 1 fully saturated rings. The van der Waals surface area contributed by atoms with Crippen LogP contribution in [0.4, 0.5) is 0 Å². The van der Waals surface area contributed by atoms with Crippen LogP contribution in [0.1, 0.15) is 40.0 Å². The predicted octanol–water partition coefficient (Wildman–Crippen LogP) is 3.26. The lowest BCUT2D eigenvalue weighted by Crippen LogP contribution is -2.39. The van der Waals surface area contributed by atoms with Gasteiger partial charge in [0.25, 0.3) is 0 Å². The standard InChI is InChI=1S/C9H19NS2/c1-4-7-10-8(5-2)12-9(6-3)11-7/h7-10H,4-6H2,1-3H3. The first-order chi connectivity index (χ1) is 5.80. The average molecular weight is 205 g/mol. The molecule has 1 nitrogen and oxygen atoms in total. The second-order valence-electron chi connectivity index (χ2n) is 3.07. The minimum atomic E-state index is 0.696. The van der Waals surface area contributed by atoms with Crippen LogP contribution in [0.15, 0.2) is 0 Å². The van der Waals surface area contributed by atoms with Crippen molar-refractivity contribution in [3.05, 3.63) is 0 Å². The monoisotopic (exact) mass is 205 g/mol. The average Bonchev–Trinajstić information content (AvgIpc) is 2.16. The zero-order chi connectivity index (χ0) is 8.97. The minimum Gasteiger partial charge on any atom is -0.294 e. The first-order valence-corrected chi connectivity index (χ1v) is 6.75. The van der Waals surface area contributed by atoms with Crippen LogP contribution in [-0.2, 0) is 0 Å². The third-order valence-corrected chi connectivity index (χ3v) is 5.62. The van der Waals surface area contributed by atoms with Gasteiger partial charge in [-0.15, -0.1) is 23.5 Å². The van der Waals surface area contributed by atoms with Gasteiger partial charge in [-0.05, 0) is 19.3 Å². The maximum absolute atomic E-state index is 3.64. The molecule has 0 radical (unpaired) electrons. The Bertz CT molecular complexity index is 99.9. The van der Waals surface area contributed by atoms with Crippen LogP contribution in [-0.4, -0.2) is 15.3 Å². The number of hydrogen-bond acceptors (Lipinski definition) is 3. The van der Waals surface area contributed by atoms with Crippen LogP contribution >= 0.6 is 23.5 Å². The summed E-state index contributed by atoms with van der Waals surface area (Å²) in [5.74, 6) is 0. The van der Waals surface area contributed by atoms with E-state index in [1.165, 1.54) is 19.3 Å². The van der Waals surface area contributed by atoms with Gasteiger partial charge in [-0.25, -0.2) is 0 Å². The number of hydrogen-bond donors (Lipinski definition) is 1. The summed E-state index contributed by atoms with van der Waals surface area (Å²) in [6.45, 7) is 6.82. The van der Waals surface area contributed by atoms with Crippen LogP contribution in [0.2, 0.25) is 0 Å². The third-order valence-electron chi connectivity index (χ3n) is 2.08. The second-order valence-corrected chi connectivity index (χ2v) is 6.19. The molecule has 0 saturated carbocycles. The van der Waals surface area contributed by atoms with Gasteiger partial charge in [0.2, 0.25) is 0 Å². The highest BCUT2D eigenvalue weighted by Gasteiger charge is 2.25. The number of rotatable bonds is 3. The molecule has 0 aromatic heterocycles. The molecule has 0 spiro atoms. The highest BCUT2D eigenvalue weighted by atomic mass is 32.2. The number of thioether (sulfide) groups is 2. The summed E-state index contributed by atoms with van der Waals surface area (Å²) in [6.07, 6.45) is 3.79. The smallest absolute Gasteiger partial charge is 0.0549 e. The van der Waals surface area contributed by atoms with E-state index in [9.17, 15) is 0 Å². The lowest BCUT2D eigenvalue weighted by molar-refractivity contribution is 0.583. The van der Waals surface area contributed by atoms with E-state index >= 15 is 0 Å². The van der Waals surface area contributed by atoms with Crippen LogP contribution in [0, 0.1) is 0 Å². The van der Waals surface area contributed by atoms with Crippen molar-refractivity contribution in [2.45, 2.75) is 55.4 Å². The van der Waals surface area contributed by atoms with Crippen molar-refractivity contribution in [3.63, 3.8) is 0 Å². The molecule has 0 aliphatic carbocycles. The quantitative estimate of drug-likeness (QED) is 0.759. The summed E-state index contributed by atoms with van der Waals surface area (Å²) >= 11 is 4.20. The Kier molecular flexibility index (Phi) is 4.84. The van der Waals surface area contributed by atoms with Gasteiger partial charge in [-0.3, -0.25) is 5.32 Å². The van der Waals surface area contributed by atoms with Crippen molar-refractivity contribution < 1.29 is 0 Å². The molecule has 12 heavy (non-hydrogen) atoms. The fraction of sp³-hybridized carbons (Fsp3) is 1.00. The molecular formula is C9H19NS2. The lowest BCUT2D eigenvalue weighted by atomic mass is 10.4. The summed E-state index contributed by atoms with van der Waals surface area (Å²) in [6, 6.07) is 0. The molecule has 2 atom stereocenters. The molecule has 1 rings (SSSR count). The molecule has 0 aromatic rings. The largest absolute Gasteiger partial charge is 0.294 e. The van der Waals surface area contributed by atoms with Gasteiger partial charge in [0.15, 0.2) is 0 Å². The molecule has 2 unspecified atom stereocenters. The SMILES string of the molecule is CCC1NC(CC)SC(CC)S1. The zero-order valence-electron chi connectivity index (χ0n) is 8.17. The fourth-order valence-electron chi connectivity index (χ4n) is 1.31. The lowest BCUT2D eigenvalue weighted by Gasteiger charge is -2.34. The molecule has 0 bridgehead atoms. The van der Waals surface area contributed by atoms with E-state index in [1.54, 1.807) is 0 Å². The first kappa shape index (κ1) is 10.7. The topological polar surface area (TPSA) is 12.0 Å². The highest BCUT2D eigenvalue weighted by Crippen LogP contribution is 2.38. The summed E-state index contributed by atoms with van der Waals surface area (Å²) in [7, 11) is 0. The molecule has 1 heterocycles. The summed E-state index contributed by atoms with van der Waals surface area (Å²) in [5, 5.41) is 5.03. The van der Waals surface area contributed by atoms with E-state index in [0.717, 1.165) is 4.58 Å². The summed E-state index contributed by atoms with van der Waals surface area (Å²) in [4.78, 5) is 0. The normalized spacial score (nSPS) is 36.8. The molecule has 0 amide bonds. The Hall–Kier alpha value is 0.660. The van der Waals surface area contributed by atoms with Gasteiger partial charge in [0, 0.05) is 0 Å². The van der Waals surface area contributed by atoms with Crippen molar-refractivity contribution in [1.29, 1.82) is 0 Å². The number of nitrogens with one attached hydrogen (secondary N) is 1. The van der Waals surface area contributed by atoms with Crippen molar-refractivity contribution in [2.75, 3.05) is 0 Å². The van der Waals surface area contributed by atoms with E-state index in [0.29, 0.717) is 10.7 Å². The molecule has 72 valence electrons. The van der Waals surface area contributed by atoms with Crippen LogP contribution < -0.4 is 5.32 Å². The van der Waals surface area contributed by atoms with Gasteiger partial charge in [0.1, 0.15) is 0 Å². The molecule has 3 heteroatoms. The molecule has 1 aliphatic heterocycles.